The number of oxazole rings is 1. The van der Waals surface area contributed by atoms with E-state index in [-0.39, 0.29) is 25.3 Å². The van der Waals surface area contributed by atoms with E-state index in [2.05, 4.69) is 10.3 Å². The van der Waals surface area contributed by atoms with Gasteiger partial charge in [-0.05, 0) is 78.6 Å². The molecule has 0 saturated heterocycles. The maximum atomic E-state index is 12.8. The number of amides is 1. The van der Waals surface area contributed by atoms with E-state index in [4.69, 9.17) is 13.9 Å². The van der Waals surface area contributed by atoms with Crippen molar-refractivity contribution < 1.29 is 28.6 Å². The van der Waals surface area contributed by atoms with Gasteiger partial charge in [-0.2, -0.15) is 0 Å². The number of rotatable bonds is 14. The Morgan fingerprint density at radius 1 is 0.818 bits per heavy atom. The standard InChI is InChI=1S/C36H34N2O6/c1-25-33(38-36(43-25)28-8-4-2-5-9-28)20-21-42-32-18-14-27(15-19-35(40)41)29(23-32)24-37-34(39)22-26-12-16-31(17-13-26)44-30-10-6-3-7-11-30/h2-14,16-18,23H,15,19-22,24H2,1H3,(H,37,39)(H,40,41). The third-order valence-corrected chi connectivity index (χ3v) is 7.05. The van der Waals surface area contributed by atoms with Crippen LogP contribution in [0.25, 0.3) is 11.5 Å². The van der Waals surface area contributed by atoms with Crippen molar-refractivity contribution in [2.24, 2.45) is 0 Å². The summed E-state index contributed by atoms with van der Waals surface area (Å²) >= 11 is 0. The molecule has 2 N–H and O–H groups in total. The van der Waals surface area contributed by atoms with Crippen molar-refractivity contribution in [3.05, 3.63) is 131 Å². The van der Waals surface area contributed by atoms with E-state index in [1.807, 2.05) is 110 Å². The maximum Gasteiger partial charge on any atom is 0.303 e. The number of carbonyl (C=O) groups excluding carboxylic acids is 1. The lowest BCUT2D eigenvalue weighted by Crippen LogP contribution is -2.25. The van der Waals surface area contributed by atoms with E-state index < -0.39 is 5.97 Å². The highest BCUT2D eigenvalue weighted by Gasteiger charge is 2.13. The first-order valence-electron chi connectivity index (χ1n) is 14.5. The van der Waals surface area contributed by atoms with Crippen LogP contribution in [0, 0.1) is 6.92 Å². The van der Waals surface area contributed by atoms with Crippen molar-refractivity contribution in [2.75, 3.05) is 6.61 Å². The Morgan fingerprint density at radius 3 is 2.23 bits per heavy atom. The number of hydrogen-bond acceptors (Lipinski definition) is 6. The predicted octanol–water partition coefficient (Wildman–Crippen LogP) is 6.94. The number of carboxylic acid groups (broad SMARTS) is 1. The average Bonchev–Trinajstić information content (AvgIpc) is 3.41. The minimum absolute atomic E-state index is 0.00622. The minimum Gasteiger partial charge on any atom is -0.493 e. The van der Waals surface area contributed by atoms with E-state index in [9.17, 15) is 14.7 Å². The Hall–Kier alpha value is -5.37. The molecule has 5 rings (SSSR count). The van der Waals surface area contributed by atoms with Crippen molar-refractivity contribution in [2.45, 2.75) is 39.2 Å². The maximum absolute atomic E-state index is 12.8. The molecule has 8 heteroatoms. The van der Waals surface area contributed by atoms with E-state index in [1.54, 1.807) is 0 Å². The zero-order chi connectivity index (χ0) is 30.7. The number of aromatic nitrogens is 1. The first-order valence-corrected chi connectivity index (χ1v) is 14.5. The van der Waals surface area contributed by atoms with Crippen LogP contribution in [-0.4, -0.2) is 28.6 Å². The molecule has 0 aliphatic rings. The van der Waals surface area contributed by atoms with Crippen LogP contribution < -0.4 is 14.8 Å². The molecule has 0 aliphatic heterocycles. The molecule has 0 fully saturated rings. The zero-order valence-corrected chi connectivity index (χ0v) is 24.5. The van der Waals surface area contributed by atoms with Crippen LogP contribution in [0.2, 0.25) is 0 Å². The lowest BCUT2D eigenvalue weighted by Gasteiger charge is -2.14. The molecule has 0 radical (unpaired) electrons. The van der Waals surface area contributed by atoms with Gasteiger partial charge in [-0.1, -0.05) is 54.6 Å². The summed E-state index contributed by atoms with van der Waals surface area (Å²) in [6.45, 7) is 2.52. The molecule has 0 aliphatic carbocycles. The van der Waals surface area contributed by atoms with Crippen LogP contribution in [0.15, 0.2) is 108 Å². The molecule has 4 aromatic carbocycles. The average molecular weight is 591 g/mol. The van der Waals surface area contributed by atoms with Crippen LogP contribution in [-0.2, 0) is 35.4 Å². The molecule has 1 aromatic heterocycles. The fourth-order valence-corrected chi connectivity index (χ4v) is 4.71. The first kappa shape index (κ1) is 30.1. The van der Waals surface area contributed by atoms with Gasteiger partial charge in [0.2, 0.25) is 11.8 Å². The molecule has 0 atom stereocenters. The fourth-order valence-electron chi connectivity index (χ4n) is 4.71. The summed E-state index contributed by atoms with van der Waals surface area (Å²) in [7, 11) is 0. The second kappa shape index (κ2) is 14.7. The van der Waals surface area contributed by atoms with Crippen LogP contribution in [0.4, 0.5) is 0 Å². The molecule has 0 bridgehead atoms. The Bertz CT molecular complexity index is 1680. The Labute approximate surface area is 256 Å². The van der Waals surface area contributed by atoms with E-state index >= 15 is 0 Å². The molecule has 224 valence electrons. The van der Waals surface area contributed by atoms with Crippen LogP contribution in [0.3, 0.4) is 0 Å². The van der Waals surface area contributed by atoms with Gasteiger partial charge in [-0.25, -0.2) is 4.98 Å². The minimum atomic E-state index is -0.877. The number of aryl methyl sites for hydroxylation is 2. The van der Waals surface area contributed by atoms with Gasteiger partial charge in [-0.15, -0.1) is 0 Å². The van der Waals surface area contributed by atoms with Crippen LogP contribution in [0.5, 0.6) is 17.2 Å². The van der Waals surface area contributed by atoms with E-state index in [1.165, 1.54) is 0 Å². The highest BCUT2D eigenvalue weighted by molar-refractivity contribution is 5.78. The SMILES string of the molecule is Cc1oc(-c2ccccc2)nc1CCOc1ccc(CCC(=O)O)c(CNC(=O)Cc2ccc(Oc3ccccc3)cc2)c1. The Kier molecular flexibility index (Phi) is 10.0. The van der Waals surface area contributed by atoms with E-state index in [0.29, 0.717) is 36.8 Å². The van der Waals surface area contributed by atoms with E-state index in [0.717, 1.165) is 39.5 Å². The summed E-state index contributed by atoms with van der Waals surface area (Å²) in [5.74, 6) is 2.37. The number of para-hydroxylation sites is 1. The molecule has 1 heterocycles. The largest absolute Gasteiger partial charge is 0.493 e. The van der Waals surface area contributed by atoms with Gasteiger partial charge in [0.15, 0.2) is 0 Å². The second-order valence-electron chi connectivity index (χ2n) is 10.3. The lowest BCUT2D eigenvalue weighted by atomic mass is 10.0. The van der Waals surface area contributed by atoms with Gasteiger partial charge in [0, 0.05) is 24.9 Å². The van der Waals surface area contributed by atoms with Gasteiger partial charge >= 0.3 is 5.97 Å². The van der Waals surface area contributed by atoms with Gasteiger partial charge in [0.25, 0.3) is 0 Å². The number of aliphatic carboxylic acids is 1. The Balaban J connectivity index is 1.17. The third-order valence-electron chi connectivity index (χ3n) is 7.05. The molecule has 1 amide bonds. The summed E-state index contributed by atoms with van der Waals surface area (Å²) in [4.78, 5) is 28.7. The fraction of sp³-hybridized carbons (Fsp3) is 0.194. The number of nitrogens with zero attached hydrogens (tertiary/aromatic N) is 1. The number of carboxylic acids is 1. The number of ether oxygens (including phenoxy) is 2. The highest BCUT2D eigenvalue weighted by Crippen LogP contribution is 2.24. The molecular weight excluding hydrogens is 556 g/mol. The van der Waals surface area contributed by atoms with Crippen LogP contribution >= 0.6 is 0 Å². The van der Waals surface area contributed by atoms with Crippen LogP contribution in [0.1, 0.15) is 34.6 Å². The first-order chi connectivity index (χ1) is 21.4. The van der Waals surface area contributed by atoms with Crippen molar-refractivity contribution in [3.8, 4) is 28.7 Å². The van der Waals surface area contributed by atoms with Crippen molar-refractivity contribution in [1.29, 1.82) is 0 Å². The van der Waals surface area contributed by atoms with Crippen molar-refractivity contribution in [3.63, 3.8) is 0 Å². The summed E-state index contributed by atoms with van der Waals surface area (Å²) in [5.41, 5.74) is 4.26. The van der Waals surface area contributed by atoms with Gasteiger partial charge in [0.1, 0.15) is 23.0 Å². The number of carbonyl (C=O) groups is 2. The Morgan fingerprint density at radius 2 is 1.50 bits per heavy atom. The summed E-state index contributed by atoms with van der Waals surface area (Å²) in [6.07, 6.45) is 1.11. The summed E-state index contributed by atoms with van der Waals surface area (Å²) in [5, 5.41) is 12.2. The second-order valence-corrected chi connectivity index (χ2v) is 10.3. The quantitative estimate of drug-likeness (QED) is 0.144. The van der Waals surface area contributed by atoms with Gasteiger partial charge in [-0.3, -0.25) is 9.59 Å². The monoisotopic (exact) mass is 590 g/mol. The molecule has 0 saturated carbocycles. The number of nitrogens with one attached hydrogen (secondary N) is 1. The molecule has 0 unspecified atom stereocenters. The molecule has 0 spiro atoms. The van der Waals surface area contributed by atoms with Gasteiger partial charge < -0.3 is 24.3 Å². The normalized spacial score (nSPS) is 10.8. The molecule has 5 aromatic rings. The number of hydrogen-bond donors (Lipinski definition) is 2. The summed E-state index contributed by atoms with van der Waals surface area (Å²) < 4.78 is 17.7. The highest BCUT2D eigenvalue weighted by atomic mass is 16.5. The third kappa shape index (κ3) is 8.58. The summed E-state index contributed by atoms with van der Waals surface area (Å²) in [6, 6.07) is 32.2. The molecule has 44 heavy (non-hydrogen) atoms. The molecular formula is C36H34N2O6. The molecule has 8 nitrogen and oxygen atoms in total. The van der Waals surface area contributed by atoms with Crippen molar-refractivity contribution >= 4 is 11.9 Å². The topological polar surface area (TPSA) is 111 Å². The smallest absolute Gasteiger partial charge is 0.303 e. The van der Waals surface area contributed by atoms with Crippen molar-refractivity contribution in [1.82, 2.24) is 10.3 Å². The lowest BCUT2D eigenvalue weighted by molar-refractivity contribution is -0.137. The number of benzene rings is 4. The zero-order valence-electron chi connectivity index (χ0n) is 24.5. The van der Waals surface area contributed by atoms with Gasteiger partial charge in [0.05, 0.1) is 18.7 Å². The predicted molar refractivity (Wildman–Crippen MR) is 167 cm³/mol.